The van der Waals surface area contributed by atoms with Crippen LogP contribution in [0.4, 0.5) is 0 Å². The largest absolute Gasteiger partial charge is 0.480 e. The number of nitrogens with two attached hydrogens (primary N) is 2. The van der Waals surface area contributed by atoms with Crippen LogP contribution in [-0.4, -0.2) is 47.4 Å². The number of carbonyl (C=O) groups is 4. The molecule has 0 radical (unpaired) electrons. The van der Waals surface area contributed by atoms with Crippen LogP contribution < -0.4 is 22.1 Å². The van der Waals surface area contributed by atoms with Crippen molar-refractivity contribution in [2.24, 2.45) is 17.4 Å². The molecule has 0 aromatic carbocycles. The van der Waals surface area contributed by atoms with E-state index in [9.17, 15) is 19.2 Å². The first-order valence-corrected chi connectivity index (χ1v) is 6.00. The fraction of sp³-hybridized carbons (Fsp3) is 0.636. The van der Waals surface area contributed by atoms with Gasteiger partial charge in [0.25, 0.3) is 0 Å². The van der Waals surface area contributed by atoms with Crippen molar-refractivity contribution in [1.82, 2.24) is 10.6 Å². The molecule has 2 unspecified atom stereocenters. The third-order valence-corrected chi connectivity index (χ3v) is 2.47. The van der Waals surface area contributed by atoms with Gasteiger partial charge >= 0.3 is 5.97 Å². The molecule has 0 aromatic heterocycles. The van der Waals surface area contributed by atoms with Gasteiger partial charge in [-0.3, -0.25) is 14.4 Å². The summed E-state index contributed by atoms with van der Waals surface area (Å²) >= 11 is 0. The van der Waals surface area contributed by atoms with Crippen LogP contribution >= 0.6 is 0 Å². The van der Waals surface area contributed by atoms with E-state index in [0.29, 0.717) is 0 Å². The molecule has 0 fully saturated rings. The van der Waals surface area contributed by atoms with Gasteiger partial charge in [-0.2, -0.15) is 0 Å². The lowest BCUT2D eigenvalue weighted by atomic mass is 10.0. The normalized spacial score (nSPS) is 13.4. The fourth-order valence-corrected chi connectivity index (χ4v) is 1.43. The summed E-state index contributed by atoms with van der Waals surface area (Å²) in [6, 6.07) is -2.38. The maximum atomic E-state index is 12.0. The molecule has 0 bridgehead atoms. The van der Waals surface area contributed by atoms with Gasteiger partial charge < -0.3 is 27.2 Å². The molecule has 7 N–H and O–H groups in total. The number of rotatable bonds is 8. The number of carboxylic acid groups (broad SMARTS) is 1. The van der Waals surface area contributed by atoms with E-state index in [1.165, 1.54) is 0 Å². The summed E-state index contributed by atoms with van der Waals surface area (Å²) in [5, 5.41) is 13.4. The molecular weight excluding hydrogens is 268 g/mol. The van der Waals surface area contributed by atoms with E-state index < -0.39 is 42.2 Å². The Balaban J connectivity index is 4.84. The minimum atomic E-state index is -1.43. The van der Waals surface area contributed by atoms with Crippen LogP contribution in [0, 0.1) is 5.92 Å². The Morgan fingerprint density at radius 2 is 1.70 bits per heavy atom. The van der Waals surface area contributed by atoms with Crippen LogP contribution in [0.25, 0.3) is 0 Å². The molecule has 0 aromatic rings. The summed E-state index contributed by atoms with van der Waals surface area (Å²) in [6.45, 7) is 3.05. The Morgan fingerprint density at radius 1 is 1.15 bits per heavy atom. The molecule has 2 atom stereocenters. The van der Waals surface area contributed by atoms with Crippen LogP contribution in [0.1, 0.15) is 20.3 Å². The summed E-state index contributed by atoms with van der Waals surface area (Å²) < 4.78 is 0. The quantitative estimate of drug-likeness (QED) is 0.332. The van der Waals surface area contributed by atoms with E-state index in [1.807, 2.05) is 0 Å². The predicted molar refractivity (Wildman–Crippen MR) is 69.2 cm³/mol. The predicted octanol–water partition coefficient (Wildman–Crippen LogP) is -2.47. The SMILES string of the molecule is CC(C)C(NC(=O)CN)C(=O)NC(CC(N)=O)C(=O)O. The third kappa shape index (κ3) is 6.14. The van der Waals surface area contributed by atoms with Gasteiger partial charge in [0, 0.05) is 0 Å². The molecule has 0 aliphatic carbocycles. The van der Waals surface area contributed by atoms with Gasteiger partial charge in [0.1, 0.15) is 12.1 Å². The first-order valence-electron chi connectivity index (χ1n) is 6.00. The van der Waals surface area contributed by atoms with Crippen molar-refractivity contribution in [2.75, 3.05) is 6.54 Å². The molecule has 0 saturated heterocycles. The Hall–Kier alpha value is -2.16. The van der Waals surface area contributed by atoms with Crippen molar-refractivity contribution < 1.29 is 24.3 Å². The lowest BCUT2D eigenvalue weighted by Crippen LogP contribution is -2.55. The van der Waals surface area contributed by atoms with Crippen molar-refractivity contribution in [3.05, 3.63) is 0 Å². The second kappa shape index (κ2) is 8.10. The average molecular weight is 288 g/mol. The Kier molecular flexibility index (Phi) is 7.22. The Labute approximate surface area is 116 Å². The number of hydrogen-bond donors (Lipinski definition) is 5. The summed E-state index contributed by atoms with van der Waals surface area (Å²) in [4.78, 5) is 44.8. The average Bonchev–Trinajstić information content (AvgIpc) is 2.33. The van der Waals surface area contributed by atoms with Gasteiger partial charge in [-0.15, -0.1) is 0 Å². The van der Waals surface area contributed by atoms with Gasteiger partial charge in [0.2, 0.25) is 17.7 Å². The number of carboxylic acids is 1. The van der Waals surface area contributed by atoms with Gasteiger partial charge in [0.05, 0.1) is 13.0 Å². The smallest absolute Gasteiger partial charge is 0.326 e. The van der Waals surface area contributed by atoms with Gasteiger partial charge in [-0.1, -0.05) is 13.8 Å². The standard InChI is InChI=1S/C11H20N4O5/c1-5(2)9(15-8(17)4-12)10(18)14-6(11(19)20)3-7(13)16/h5-6,9H,3-4,12H2,1-2H3,(H2,13,16)(H,14,18)(H,15,17)(H,19,20). The Bertz CT molecular complexity index is 396. The van der Waals surface area contributed by atoms with Crippen LogP contribution in [0.15, 0.2) is 0 Å². The lowest BCUT2D eigenvalue weighted by Gasteiger charge is -2.23. The van der Waals surface area contributed by atoms with E-state index >= 15 is 0 Å². The number of amides is 3. The molecular formula is C11H20N4O5. The number of carbonyl (C=O) groups excluding carboxylic acids is 3. The number of aliphatic carboxylic acids is 1. The van der Waals surface area contributed by atoms with Crippen molar-refractivity contribution in [3.63, 3.8) is 0 Å². The van der Waals surface area contributed by atoms with Crippen LogP contribution in [-0.2, 0) is 19.2 Å². The number of primary amides is 1. The molecule has 0 rings (SSSR count). The molecule has 0 saturated carbocycles. The highest BCUT2D eigenvalue weighted by Crippen LogP contribution is 2.03. The highest BCUT2D eigenvalue weighted by Gasteiger charge is 2.29. The molecule has 0 heterocycles. The van der Waals surface area contributed by atoms with E-state index in [2.05, 4.69) is 10.6 Å². The topological polar surface area (TPSA) is 165 Å². The van der Waals surface area contributed by atoms with E-state index in [4.69, 9.17) is 16.6 Å². The Morgan fingerprint density at radius 3 is 2.05 bits per heavy atom. The molecule has 20 heavy (non-hydrogen) atoms. The van der Waals surface area contributed by atoms with Crippen molar-refractivity contribution in [2.45, 2.75) is 32.4 Å². The van der Waals surface area contributed by atoms with Gasteiger partial charge in [0.15, 0.2) is 0 Å². The van der Waals surface area contributed by atoms with E-state index in [-0.39, 0.29) is 12.5 Å². The zero-order valence-electron chi connectivity index (χ0n) is 11.4. The summed E-state index contributed by atoms with van der Waals surface area (Å²) in [7, 11) is 0. The maximum absolute atomic E-state index is 12.0. The molecule has 114 valence electrons. The monoisotopic (exact) mass is 288 g/mol. The highest BCUT2D eigenvalue weighted by molar-refractivity contribution is 5.92. The van der Waals surface area contributed by atoms with E-state index in [0.717, 1.165) is 0 Å². The highest BCUT2D eigenvalue weighted by atomic mass is 16.4. The summed E-state index contributed by atoms with van der Waals surface area (Å²) in [6.07, 6.45) is -0.531. The van der Waals surface area contributed by atoms with Crippen LogP contribution in [0.3, 0.4) is 0 Å². The zero-order chi connectivity index (χ0) is 15.9. The van der Waals surface area contributed by atoms with Gasteiger partial charge in [-0.25, -0.2) is 4.79 Å². The molecule has 9 heteroatoms. The van der Waals surface area contributed by atoms with Gasteiger partial charge in [-0.05, 0) is 5.92 Å². The first kappa shape index (κ1) is 17.8. The molecule has 9 nitrogen and oxygen atoms in total. The van der Waals surface area contributed by atoms with Crippen LogP contribution in [0.5, 0.6) is 0 Å². The van der Waals surface area contributed by atoms with E-state index in [1.54, 1.807) is 13.8 Å². The van der Waals surface area contributed by atoms with Crippen LogP contribution in [0.2, 0.25) is 0 Å². The number of hydrogen-bond acceptors (Lipinski definition) is 5. The summed E-state index contributed by atoms with van der Waals surface area (Å²) in [5.41, 5.74) is 10.0. The van der Waals surface area contributed by atoms with Crippen molar-refractivity contribution in [3.8, 4) is 0 Å². The first-order chi connectivity index (χ1) is 9.18. The minimum absolute atomic E-state index is 0.284. The molecule has 0 aliphatic rings. The lowest BCUT2D eigenvalue weighted by molar-refractivity contribution is -0.144. The zero-order valence-corrected chi connectivity index (χ0v) is 11.4. The molecule has 0 spiro atoms. The number of nitrogens with one attached hydrogen (secondary N) is 2. The van der Waals surface area contributed by atoms with Crippen molar-refractivity contribution in [1.29, 1.82) is 0 Å². The molecule has 3 amide bonds. The van der Waals surface area contributed by atoms with Crippen molar-refractivity contribution >= 4 is 23.7 Å². The maximum Gasteiger partial charge on any atom is 0.326 e. The second-order valence-corrected chi connectivity index (χ2v) is 4.56. The minimum Gasteiger partial charge on any atom is -0.480 e. The summed E-state index contributed by atoms with van der Waals surface area (Å²) in [5.74, 6) is -3.78. The third-order valence-electron chi connectivity index (χ3n) is 2.47. The fourth-order valence-electron chi connectivity index (χ4n) is 1.43. The second-order valence-electron chi connectivity index (χ2n) is 4.56. The molecule has 0 aliphatic heterocycles.